The van der Waals surface area contributed by atoms with Crippen LogP contribution in [0, 0.1) is 5.92 Å². The zero-order valence-electron chi connectivity index (χ0n) is 13.1. The molecule has 2 aliphatic heterocycles. The SMILES string of the molecule is CN(CC1CCCNC1)C(=O)C1Cc2ccc(O)cc2CN1. The molecular weight excluding hydrogens is 278 g/mol. The maximum atomic E-state index is 12.6. The molecule has 0 aromatic heterocycles. The smallest absolute Gasteiger partial charge is 0.239 e. The molecule has 22 heavy (non-hydrogen) atoms. The summed E-state index contributed by atoms with van der Waals surface area (Å²) < 4.78 is 0. The largest absolute Gasteiger partial charge is 0.508 e. The highest BCUT2D eigenvalue weighted by atomic mass is 16.3. The van der Waals surface area contributed by atoms with Crippen LogP contribution in [0.3, 0.4) is 0 Å². The van der Waals surface area contributed by atoms with E-state index in [2.05, 4.69) is 10.6 Å². The summed E-state index contributed by atoms with van der Waals surface area (Å²) in [6.07, 6.45) is 3.10. The summed E-state index contributed by atoms with van der Waals surface area (Å²) >= 11 is 0. The number of piperidine rings is 1. The van der Waals surface area contributed by atoms with E-state index < -0.39 is 0 Å². The maximum absolute atomic E-state index is 12.6. The van der Waals surface area contributed by atoms with Gasteiger partial charge in [0.15, 0.2) is 0 Å². The Morgan fingerprint density at radius 3 is 3.05 bits per heavy atom. The number of fused-ring (bicyclic) bond motifs is 1. The van der Waals surface area contributed by atoms with E-state index in [4.69, 9.17) is 0 Å². The highest BCUT2D eigenvalue weighted by Gasteiger charge is 2.28. The van der Waals surface area contributed by atoms with Gasteiger partial charge in [-0.15, -0.1) is 0 Å². The van der Waals surface area contributed by atoms with Crippen molar-refractivity contribution >= 4 is 5.91 Å². The first-order chi connectivity index (χ1) is 10.6. The molecular formula is C17H25N3O2. The molecule has 1 aromatic rings. The van der Waals surface area contributed by atoms with Crippen molar-refractivity contribution in [3.63, 3.8) is 0 Å². The number of hydrogen-bond donors (Lipinski definition) is 3. The quantitative estimate of drug-likeness (QED) is 0.775. The number of carbonyl (C=O) groups is 1. The molecule has 0 spiro atoms. The third-order valence-electron chi connectivity index (χ3n) is 4.76. The molecule has 2 unspecified atom stereocenters. The molecule has 0 radical (unpaired) electrons. The highest BCUT2D eigenvalue weighted by Crippen LogP contribution is 2.22. The van der Waals surface area contributed by atoms with Crippen LogP contribution in [0.4, 0.5) is 0 Å². The van der Waals surface area contributed by atoms with Crippen LogP contribution >= 0.6 is 0 Å². The predicted octanol–water partition coefficient (Wildman–Crippen LogP) is 0.864. The van der Waals surface area contributed by atoms with Crippen molar-refractivity contribution in [3.05, 3.63) is 29.3 Å². The van der Waals surface area contributed by atoms with E-state index in [0.29, 0.717) is 18.9 Å². The Balaban J connectivity index is 1.59. The van der Waals surface area contributed by atoms with E-state index in [0.717, 1.165) is 30.8 Å². The molecule has 1 saturated heterocycles. The standard InChI is InChI=1S/C17H25N3O2/c1-20(11-12-3-2-6-18-9-12)17(22)16-8-13-4-5-15(21)7-14(13)10-19-16/h4-5,7,12,16,18-19,21H,2-3,6,8-11H2,1H3. The normalized spacial score (nSPS) is 24.6. The number of phenolic OH excluding ortho intramolecular Hbond substituents is 1. The van der Waals surface area contributed by atoms with Gasteiger partial charge in [0, 0.05) is 20.1 Å². The Labute approximate surface area is 131 Å². The second kappa shape index (κ2) is 6.67. The Hall–Kier alpha value is -1.59. The van der Waals surface area contributed by atoms with Gasteiger partial charge >= 0.3 is 0 Å². The van der Waals surface area contributed by atoms with Gasteiger partial charge in [0.25, 0.3) is 0 Å². The average Bonchev–Trinajstić information content (AvgIpc) is 2.54. The van der Waals surface area contributed by atoms with E-state index in [-0.39, 0.29) is 17.7 Å². The number of likely N-dealkylation sites (N-methyl/N-ethyl adjacent to an activating group) is 1. The molecule has 2 heterocycles. The minimum Gasteiger partial charge on any atom is -0.508 e. The number of benzene rings is 1. The summed E-state index contributed by atoms with van der Waals surface area (Å²) in [5.41, 5.74) is 2.24. The van der Waals surface area contributed by atoms with Gasteiger partial charge in [0.05, 0.1) is 6.04 Å². The molecule has 3 rings (SSSR count). The van der Waals surface area contributed by atoms with Crippen LogP contribution in [0.15, 0.2) is 18.2 Å². The summed E-state index contributed by atoms with van der Waals surface area (Å²) in [6.45, 7) is 3.57. The van der Waals surface area contributed by atoms with Crippen molar-refractivity contribution in [3.8, 4) is 5.75 Å². The highest BCUT2D eigenvalue weighted by molar-refractivity contribution is 5.82. The van der Waals surface area contributed by atoms with E-state index in [1.807, 2.05) is 18.0 Å². The third-order valence-corrected chi connectivity index (χ3v) is 4.76. The molecule has 1 fully saturated rings. The average molecular weight is 303 g/mol. The molecule has 5 nitrogen and oxygen atoms in total. The molecule has 3 N–H and O–H groups in total. The van der Waals surface area contributed by atoms with Gasteiger partial charge in [-0.25, -0.2) is 0 Å². The van der Waals surface area contributed by atoms with Gasteiger partial charge in [0.1, 0.15) is 5.75 Å². The minimum atomic E-state index is -0.154. The summed E-state index contributed by atoms with van der Waals surface area (Å²) in [4.78, 5) is 14.5. The Morgan fingerprint density at radius 1 is 1.41 bits per heavy atom. The topological polar surface area (TPSA) is 64.6 Å². The lowest BCUT2D eigenvalue weighted by atomic mass is 9.94. The second-order valence-corrected chi connectivity index (χ2v) is 6.52. The first-order valence-electron chi connectivity index (χ1n) is 8.13. The molecule has 5 heteroatoms. The fraction of sp³-hybridized carbons (Fsp3) is 0.588. The molecule has 1 aromatic carbocycles. The van der Waals surface area contributed by atoms with Gasteiger partial charge in [-0.2, -0.15) is 0 Å². The van der Waals surface area contributed by atoms with Crippen LogP contribution < -0.4 is 10.6 Å². The summed E-state index contributed by atoms with van der Waals surface area (Å²) in [6, 6.07) is 5.25. The van der Waals surface area contributed by atoms with Crippen LogP contribution in [0.1, 0.15) is 24.0 Å². The summed E-state index contributed by atoms with van der Waals surface area (Å²) in [5, 5.41) is 16.2. The summed E-state index contributed by atoms with van der Waals surface area (Å²) in [5.74, 6) is 1.02. The van der Waals surface area contributed by atoms with Crippen molar-refractivity contribution in [2.75, 3.05) is 26.7 Å². The molecule has 0 saturated carbocycles. The fourth-order valence-corrected chi connectivity index (χ4v) is 3.50. The Kier molecular flexibility index (Phi) is 4.64. The number of hydrogen-bond acceptors (Lipinski definition) is 4. The lowest BCUT2D eigenvalue weighted by molar-refractivity contribution is -0.133. The fourth-order valence-electron chi connectivity index (χ4n) is 3.50. The van der Waals surface area contributed by atoms with Gasteiger partial charge in [-0.1, -0.05) is 6.07 Å². The third kappa shape index (κ3) is 3.42. The molecule has 0 bridgehead atoms. The lowest BCUT2D eigenvalue weighted by Crippen LogP contribution is -2.50. The predicted molar refractivity (Wildman–Crippen MR) is 85.7 cm³/mol. The van der Waals surface area contributed by atoms with Crippen LogP contribution in [-0.4, -0.2) is 48.6 Å². The molecule has 2 atom stereocenters. The van der Waals surface area contributed by atoms with Gasteiger partial charge in [-0.3, -0.25) is 4.79 Å². The van der Waals surface area contributed by atoms with Crippen LogP contribution in [0.25, 0.3) is 0 Å². The Bertz CT molecular complexity index is 541. The summed E-state index contributed by atoms with van der Waals surface area (Å²) in [7, 11) is 1.91. The van der Waals surface area contributed by atoms with Crippen molar-refractivity contribution in [1.29, 1.82) is 0 Å². The molecule has 120 valence electrons. The number of aromatic hydroxyl groups is 1. The van der Waals surface area contributed by atoms with Crippen LogP contribution in [-0.2, 0) is 17.8 Å². The van der Waals surface area contributed by atoms with Crippen molar-refractivity contribution in [2.45, 2.75) is 31.8 Å². The van der Waals surface area contributed by atoms with Gasteiger partial charge in [-0.05, 0) is 61.5 Å². The van der Waals surface area contributed by atoms with Crippen molar-refractivity contribution < 1.29 is 9.90 Å². The van der Waals surface area contributed by atoms with E-state index >= 15 is 0 Å². The van der Waals surface area contributed by atoms with Crippen LogP contribution in [0.2, 0.25) is 0 Å². The van der Waals surface area contributed by atoms with Crippen LogP contribution in [0.5, 0.6) is 5.75 Å². The zero-order valence-corrected chi connectivity index (χ0v) is 13.1. The number of carbonyl (C=O) groups excluding carboxylic acids is 1. The maximum Gasteiger partial charge on any atom is 0.239 e. The van der Waals surface area contributed by atoms with E-state index in [1.165, 1.54) is 12.8 Å². The number of nitrogens with one attached hydrogen (secondary N) is 2. The zero-order chi connectivity index (χ0) is 15.5. The van der Waals surface area contributed by atoms with Crippen molar-refractivity contribution in [1.82, 2.24) is 15.5 Å². The lowest BCUT2D eigenvalue weighted by Gasteiger charge is -2.32. The van der Waals surface area contributed by atoms with E-state index in [9.17, 15) is 9.90 Å². The first-order valence-corrected chi connectivity index (χ1v) is 8.13. The van der Waals surface area contributed by atoms with Gasteiger partial charge < -0.3 is 20.6 Å². The van der Waals surface area contributed by atoms with Crippen molar-refractivity contribution in [2.24, 2.45) is 5.92 Å². The first kappa shape index (κ1) is 15.3. The molecule has 2 aliphatic rings. The molecule has 1 amide bonds. The monoisotopic (exact) mass is 303 g/mol. The number of amides is 1. The van der Waals surface area contributed by atoms with E-state index in [1.54, 1.807) is 12.1 Å². The number of rotatable bonds is 3. The Morgan fingerprint density at radius 2 is 2.27 bits per heavy atom. The number of nitrogens with zero attached hydrogens (tertiary/aromatic N) is 1. The van der Waals surface area contributed by atoms with Gasteiger partial charge in [0.2, 0.25) is 5.91 Å². The second-order valence-electron chi connectivity index (χ2n) is 6.52. The number of phenols is 1. The molecule has 0 aliphatic carbocycles. The minimum absolute atomic E-state index is 0.154.